The molecule has 0 spiro atoms. The zero-order chi connectivity index (χ0) is 12.7. The molecule has 0 aromatic heterocycles. The van der Waals surface area contributed by atoms with Crippen molar-refractivity contribution in [1.29, 1.82) is 5.26 Å². The molecule has 0 aliphatic rings. The fraction of sp³-hybridized carbons (Fsp3) is 0.417. The normalized spacial score (nSPS) is 13.8. The number of aliphatic hydroxyl groups excluding tert-OH is 2. The number of rotatable bonds is 6. The molecule has 0 fully saturated rings. The second-order valence-electron chi connectivity index (χ2n) is 3.49. The van der Waals surface area contributed by atoms with Crippen LogP contribution in [0.15, 0.2) is 24.3 Å². The first-order valence-electron chi connectivity index (χ1n) is 5.21. The third-order valence-electron chi connectivity index (χ3n) is 2.23. The van der Waals surface area contributed by atoms with E-state index < -0.39 is 12.2 Å². The molecule has 4 nitrogen and oxygen atoms in total. The molecule has 0 amide bonds. The van der Waals surface area contributed by atoms with Gasteiger partial charge in [0.1, 0.15) is 18.5 Å². The molecule has 0 saturated heterocycles. The highest BCUT2D eigenvalue weighted by Crippen LogP contribution is 2.21. The SMILES string of the molecule is N#CCCOc1ccc(C(O)C(O)CCl)cc1. The molecule has 92 valence electrons. The minimum absolute atomic E-state index is 0.0262. The highest BCUT2D eigenvalue weighted by molar-refractivity contribution is 6.18. The minimum Gasteiger partial charge on any atom is -0.493 e. The van der Waals surface area contributed by atoms with Crippen molar-refractivity contribution in [3.05, 3.63) is 29.8 Å². The average Bonchev–Trinajstić information content (AvgIpc) is 2.38. The Morgan fingerprint density at radius 1 is 1.29 bits per heavy atom. The molecular formula is C12H14ClNO3. The molecule has 0 aliphatic carbocycles. The van der Waals surface area contributed by atoms with Gasteiger partial charge in [-0.05, 0) is 17.7 Å². The van der Waals surface area contributed by atoms with Crippen molar-refractivity contribution in [2.24, 2.45) is 0 Å². The van der Waals surface area contributed by atoms with Gasteiger partial charge in [-0.15, -0.1) is 11.6 Å². The van der Waals surface area contributed by atoms with E-state index in [2.05, 4.69) is 0 Å². The number of halogens is 1. The molecule has 2 N–H and O–H groups in total. The van der Waals surface area contributed by atoms with Crippen LogP contribution in [0.25, 0.3) is 0 Å². The van der Waals surface area contributed by atoms with Crippen LogP contribution >= 0.6 is 11.6 Å². The number of aliphatic hydroxyl groups is 2. The van der Waals surface area contributed by atoms with Crippen LogP contribution in [0.5, 0.6) is 5.75 Å². The summed E-state index contributed by atoms with van der Waals surface area (Å²) in [6.07, 6.45) is -1.65. The molecule has 0 radical (unpaired) electrons. The summed E-state index contributed by atoms with van der Waals surface area (Å²) in [6.45, 7) is 0.336. The molecule has 2 atom stereocenters. The van der Waals surface area contributed by atoms with Crippen LogP contribution < -0.4 is 4.74 Å². The smallest absolute Gasteiger partial charge is 0.119 e. The standard InChI is InChI=1S/C12H14ClNO3/c13-8-11(15)12(16)9-2-4-10(5-3-9)17-7-1-6-14/h2-5,11-12,15-16H,1,7-8H2. The number of hydrogen-bond donors (Lipinski definition) is 2. The lowest BCUT2D eigenvalue weighted by molar-refractivity contribution is 0.0327. The Bertz CT molecular complexity index is 374. The zero-order valence-corrected chi connectivity index (χ0v) is 9.97. The Kier molecular flexibility index (Phi) is 5.78. The summed E-state index contributed by atoms with van der Waals surface area (Å²) in [4.78, 5) is 0. The van der Waals surface area contributed by atoms with E-state index in [9.17, 15) is 10.2 Å². The van der Waals surface area contributed by atoms with Gasteiger partial charge in [0.25, 0.3) is 0 Å². The summed E-state index contributed by atoms with van der Waals surface area (Å²) in [6, 6.07) is 8.64. The fourth-order valence-electron chi connectivity index (χ4n) is 1.28. The van der Waals surface area contributed by atoms with Gasteiger partial charge in [-0.25, -0.2) is 0 Å². The van der Waals surface area contributed by atoms with E-state index in [0.29, 0.717) is 24.3 Å². The van der Waals surface area contributed by atoms with Crippen LogP contribution in [0.1, 0.15) is 18.1 Å². The summed E-state index contributed by atoms with van der Waals surface area (Å²) in [7, 11) is 0. The Labute approximate surface area is 105 Å². The molecule has 2 unspecified atom stereocenters. The van der Waals surface area contributed by atoms with Crippen molar-refractivity contribution < 1.29 is 14.9 Å². The molecule has 0 bridgehead atoms. The van der Waals surface area contributed by atoms with E-state index >= 15 is 0 Å². The maximum atomic E-state index is 9.68. The van der Waals surface area contributed by atoms with Gasteiger partial charge < -0.3 is 14.9 Å². The second kappa shape index (κ2) is 7.13. The van der Waals surface area contributed by atoms with Gasteiger partial charge in [0, 0.05) is 0 Å². The first-order chi connectivity index (χ1) is 8.19. The van der Waals surface area contributed by atoms with Gasteiger partial charge in [-0.3, -0.25) is 0 Å². The zero-order valence-electron chi connectivity index (χ0n) is 9.21. The molecule has 0 saturated carbocycles. The van der Waals surface area contributed by atoms with Gasteiger partial charge >= 0.3 is 0 Å². The number of hydrogen-bond acceptors (Lipinski definition) is 4. The summed E-state index contributed by atoms with van der Waals surface area (Å²) in [5, 5.41) is 27.4. The predicted molar refractivity (Wildman–Crippen MR) is 63.9 cm³/mol. The van der Waals surface area contributed by atoms with Gasteiger partial charge in [-0.1, -0.05) is 12.1 Å². The largest absolute Gasteiger partial charge is 0.493 e. The van der Waals surface area contributed by atoms with Crippen molar-refractivity contribution in [3.63, 3.8) is 0 Å². The topological polar surface area (TPSA) is 73.5 Å². The Hall–Kier alpha value is -1.28. The molecule has 17 heavy (non-hydrogen) atoms. The third-order valence-corrected chi connectivity index (χ3v) is 2.54. The van der Waals surface area contributed by atoms with E-state index in [1.165, 1.54) is 0 Å². The Morgan fingerprint density at radius 2 is 1.94 bits per heavy atom. The van der Waals surface area contributed by atoms with Crippen LogP contribution in [0.2, 0.25) is 0 Å². The maximum absolute atomic E-state index is 9.68. The van der Waals surface area contributed by atoms with Crippen molar-refractivity contribution in [2.45, 2.75) is 18.6 Å². The summed E-state index contributed by atoms with van der Waals surface area (Å²) in [5.41, 5.74) is 0.575. The number of alkyl halides is 1. The molecule has 1 aromatic carbocycles. The van der Waals surface area contributed by atoms with Gasteiger partial charge in [0.15, 0.2) is 0 Å². The van der Waals surface area contributed by atoms with Crippen LogP contribution in [-0.4, -0.2) is 28.8 Å². The van der Waals surface area contributed by atoms with Crippen molar-refractivity contribution in [2.75, 3.05) is 12.5 Å². The number of nitrogens with zero attached hydrogens (tertiary/aromatic N) is 1. The van der Waals surface area contributed by atoms with Gasteiger partial charge in [0.05, 0.1) is 24.5 Å². The van der Waals surface area contributed by atoms with E-state index in [4.69, 9.17) is 21.6 Å². The lowest BCUT2D eigenvalue weighted by Gasteiger charge is -2.15. The van der Waals surface area contributed by atoms with Crippen molar-refractivity contribution >= 4 is 11.6 Å². The first-order valence-corrected chi connectivity index (χ1v) is 5.74. The van der Waals surface area contributed by atoms with Crippen LogP contribution in [0.4, 0.5) is 0 Å². The highest BCUT2D eigenvalue weighted by atomic mass is 35.5. The van der Waals surface area contributed by atoms with Crippen molar-refractivity contribution in [3.8, 4) is 11.8 Å². The van der Waals surface area contributed by atoms with E-state index in [1.807, 2.05) is 6.07 Å². The maximum Gasteiger partial charge on any atom is 0.119 e. The number of ether oxygens (including phenoxy) is 1. The van der Waals surface area contributed by atoms with E-state index in [0.717, 1.165) is 0 Å². The molecule has 5 heteroatoms. The van der Waals surface area contributed by atoms with E-state index in [-0.39, 0.29) is 5.88 Å². The van der Waals surface area contributed by atoms with Crippen LogP contribution in [0.3, 0.4) is 0 Å². The molecule has 1 aromatic rings. The summed E-state index contributed by atoms with van der Waals surface area (Å²) >= 11 is 5.45. The van der Waals surface area contributed by atoms with Crippen molar-refractivity contribution in [1.82, 2.24) is 0 Å². The monoisotopic (exact) mass is 255 g/mol. The molecule has 0 aliphatic heterocycles. The first kappa shape index (κ1) is 13.8. The number of nitriles is 1. The number of benzene rings is 1. The molecular weight excluding hydrogens is 242 g/mol. The summed E-state index contributed by atoms with van der Waals surface area (Å²) in [5.74, 6) is 0.596. The predicted octanol–water partition coefficient (Wildman–Crippen LogP) is 1.61. The lowest BCUT2D eigenvalue weighted by atomic mass is 10.1. The van der Waals surface area contributed by atoms with Gasteiger partial charge in [-0.2, -0.15) is 5.26 Å². The molecule has 1 rings (SSSR count). The lowest BCUT2D eigenvalue weighted by Crippen LogP contribution is -2.19. The fourth-order valence-corrected chi connectivity index (χ4v) is 1.45. The third kappa shape index (κ3) is 4.23. The second-order valence-corrected chi connectivity index (χ2v) is 3.80. The average molecular weight is 256 g/mol. The highest BCUT2D eigenvalue weighted by Gasteiger charge is 2.16. The minimum atomic E-state index is -0.999. The van der Waals surface area contributed by atoms with Crippen LogP contribution in [0, 0.1) is 11.3 Å². The molecule has 0 heterocycles. The quantitative estimate of drug-likeness (QED) is 0.598. The van der Waals surface area contributed by atoms with Crippen LogP contribution in [-0.2, 0) is 0 Å². The Balaban J connectivity index is 2.58. The Morgan fingerprint density at radius 3 is 2.47 bits per heavy atom. The summed E-state index contributed by atoms with van der Waals surface area (Å²) < 4.78 is 5.28. The van der Waals surface area contributed by atoms with E-state index in [1.54, 1.807) is 24.3 Å². The van der Waals surface area contributed by atoms with Gasteiger partial charge in [0.2, 0.25) is 0 Å².